The van der Waals surface area contributed by atoms with E-state index in [-0.39, 0.29) is 26.1 Å². The van der Waals surface area contributed by atoms with Gasteiger partial charge in [0.15, 0.2) is 6.10 Å². The van der Waals surface area contributed by atoms with Crippen LogP contribution in [0.2, 0.25) is 0 Å². The van der Waals surface area contributed by atoms with Crippen LogP contribution in [0.5, 0.6) is 0 Å². The van der Waals surface area contributed by atoms with Crippen LogP contribution in [0.15, 0.2) is 48.6 Å². The van der Waals surface area contributed by atoms with E-state index >= 15 is 0 Å². The Labute approximate surface area is 328 Å². The minimum Gasteiger partial charge on any atom is -0.462 e. The Kier molecular flexibility index (Phi) is 32.8. The highest BCUT2D eigenvalue weighted by Crippen LogP contribution is 2.43. The van der Waals surface area contributed by atoms with Crippen molar-refractivity contribution in [3.05, 3.63) is 48.6 Å². The Bertz CT molecular complexity index is 1100. The summed E-state index contributed by atoms with van der Waals surface area (Å²) in [5.74, 6) is -1.04. The lowest BCUT2D eigenvalue weighted by molar-refractivity contribution is -0.870. The van der Waals surface area contributed by atoms with Crippen LogP contribution in [0.3, 0.4) is 0 Å². The molecule has 0 aliphatic carbocycles. The van der Waals surface area contributed by atoms with E-state index in [1.165, 1.54) is 64.2 Å². The minimum absolute atomic E-state index is 0.00848. The van der Waals surface area contributed by atoms with E-state index in [2.05, 4.69) is 19.9 Å². The number of ether oxygens (including phenoxy) is 2. The van der Waals surface area contributed by atoms with Crippen molar-refractivity contribution >= 4 is 19.8 Å². The molecule has 4 atom stereocenters. The molecule has 3 N–H and O–H groups in total. The topological polar surface area (TPSA) is 149 Å². The molecule has 0 aromatic rings. The second kappa shape index (κ2) is 34.2. The number of aliphatic hydroxyl groups is 2. The number of aliphatic hydroxyl groups excluding tert-OH is 2. The van der Waals surface area contributed by atoms with E-state index < -0.39 is 44.7 Å². The molecule has 0 spiro atoms. The lowest BCUT2D eigenvalue weighted by Gasteiger charge is -2.24. The van der Waals surface area contributed by atoms with E-state index in [0.717, 1.165) is 25.7 Å². The van der Waals surface area contributed by atoms with Crippen molar-refractivity contribution in [1.82, 2.24) is 0 Å². The molecular formula is C42H77NO10P+. The second-order valence-electron chi connectivity index (χ2n) is 15.1. The average Bonchev–Trinajstić information content (AvgIpc) is 3.10. The van der Waals surface area contributed by atoms with Crippen molar-refractivity contribution in [3.8, 4) is 0 Å². The van der Waals surface area contributed by atoms with Gasteiger partial charge in [-0.05, 0) is 38.5 Å². The maximum atomic E-state index is 12.6. The molecule has 1 unspecified atom stereocenters. The van der Waals surface area contributed by atoms with Crippen molar-refractivity contribution in [2.45, 2.75) is 161 Å². The fourth-order valence-corrected chi connectivity index (χ4v) is 5.95. The van der Waals surface area contributed by atoms with Gasteiger partial charge >= 0.3 is 19.8 Å². The molecule has 54 heavy (non-hydrogen) atoms. The van der Waals surface area contributed by atoms with Crippen LogP contribution in [0.4, 0.5) is 0 Å². The molecule has 314 valence electrons. The van der Waals surface area contributed by atoms with Crippen molar-refractivity contribution in [3.63, 3.8) is 0 Å². The molecular weight excluding hydrogens is 709 g/mol. The van der Waals surface area contributed by atoms with Crippen LogP contribution in [-0.2, 0) is 32.7 Å². The lowest BCUT2D eigenvalue weighted by atomic mass is 10.1. The van der Waals surface area contributed by atoms with Crippen molar-refractivity contribution in [2.75, 3.05) is 47.5 Å². The highest BCUT2D eigenvalue weighted by atomic mass is 31.2. The molecule has 12 heteroatoms. The van der Waals surface area contributed by atoms with E-state index in [1.807, 2.05) is 27.2 Å². The second-order valence-corrected chi connectivity index (χ2v) is 16.5. The molecule has 0 aliphatic rings. The molecule has 0 amide bonds. The van der Waals surface area contributed by atoms with Gasteiger partial charge < -0.3 is 29.1 Å². The van der Waals surface area contributed by atoms with E-state index in [1.54, 1.807) is 36.5 Å². The molecule has 0 aromatic carbocycles. The first kappa shape index (κ1) is 51.9. The smallest absolute Gasteiger partial charge is 0.462 e. The Morgan fingerprint density at radius 1 is 0.667 bits per heavy atom. The Hall–Kier alpha value is -2.11. The summed E-state index contributed by atoms with van der Waals surface area (Å²) >= 11 is 0. The number of carbonyl (C=O) groups excluding carboxylic acids is 2. The molecule has 0 bridgehead atoms. The zero-order chi connectivity index (χ0) is 40.3. The van der Waals surface area contributed by atoms with Gasteiger partial charge in [0.1, 0.15) is 19.8 Å². The van der Waals surface area contributed by atoms with Gasteiger partial charge in [-0.3, -0.25) is 18.6 Å². The Morgan fingerprint density at radius 2 is 1.22 bits per heavy atom. The number of nitrogens with zero attached hydrogens (tertiary/aromatic N) is 1. The van der Waals surface area contributed by atoms with Gasteiger partial charge in [0.2, 0.25) is 0 Å². The number of likely N-dealkylation sites (N-methyl/N-ethyl adjacent to an activating group) is 1. The Balaban J connectivity index is 4.66. The van der Waals surface area contributed by atoms with Crippen LogP contribution in [0, 0.1) is 0 Å². The first-order valence-electron chi connectivity index (χ1n) is 20.6. The monoisotopic (exact) mass is 787 g/mol. The number of hydrogen-bond donors (Lipinski definition) is 3. The highest BCUT2D eigenvalue weighted by Gasteiger charge is 2.27. The number of quaternary nitrogens is 1. The predicted octanol–water partition coefficient (Wildman–Crippen LogP) is 9.07. The average molecular weight is 787 g/mol. The number of rotatable bonds is 36. The third-order valence-electron chi connectivity index (χ3n) is 8.55. The molecule has 0 rings (SSSR count). The molecule has 0 heterocycles. The standard InChI is InChI=1S/C42H76NO10P/c1-6-8-10-12-14-15-16-17-18-20-26-32-42(47)53-40(37-52-54(48,49)51-35-34-43(3,4)5)36-50-41(46)33-27-31-39(45)30-25-22-21-24-29-38(44)28-23-19-13-11-9-7-2/h19,21-25,29-30,38-40,44-45H,6-18,20,26-28,31-37H2,1-5H3/p+1/b22-21+,23-19-,29-24+,30-25-/t38-,39-,40-/m1/s1. The third kappa shape index (κ3) is 36.8. The predicted molar refractivity (Wildman–Crippen MR) is 218 cm³/mol. The van der Waals surface area contributed by atoms with Crippen LogP contribution in [0.25, 0.3) is 0 Å². The van der Waals surface area contributed by atoms with Gasteiger partial charge in [-0.15, -0.1) is 0 Å². The van der Waals surface area contributed by atoms with Gasteiger partial charge in [-0.2, -0.15) is 0 Å². The van der Waals surface area contributed by atoms with Crippen molar-refractivity contribution in [2.24, 2.45) is 0 Å². The maximum Gasteiger partial charge on any atom is 0.472 e. The molecule has 0 fully saturated rings. The number of unbranched alkanes of at least 4 members (excludes halogenated alkanes) is 13. The zero-order valence-corrected chi connectivity index (χ0v) is 35.3. The van der Waals surface area contributed by atoms with Gasteiger partial charge in [-0.1, -0.05) is 140 Å². The van der Waals surface area contributed by atoms with E-state index in [0.29, 0.717) is 36.7 Å². The van der Waals surface area contributed by atoms with Crippen LogP contribution in [-0.4, -0.2) is 97.3 Å². The van der Waals surface area contributed by atoms with E-state index in [9.17, 15) is 29.3 Å². The van der Waals surface area contributed by atoms with Gasteiger partial charge in [-0.25, -0.2) is 4.57 Å². The summed E-state index contributed by atoms with van der Waals surface area (Å²) in [6, 6.07) is 0. The number of allylic oxidation sites excluding steroid dienone is 5. The number of carbonyl (C=O) groups is 2. The summed E-state index contributed by atoms with van der Waals surface area (Å²) in [5.41, 5.74) is 0. The first-order chi connectivity index (χ1) is 25.8. The van der Waals surface area contributed by atoms with Gasteiger partial charge in [0.05, 0.1) is 40.0 Å². The molecule has 0 aliphatic heterocycles. The molecule has 0 saturated heterocycles. The van der Waals surface area contributed by atoms with Gasteiger partial charge in [0, 0.05) is 12.8 Å². The summed E-state index contributed by atoms with van der Waals surface area (Å²) in [5, 5.41) is 20.3. The number of hydrogen-bond acceptors (Lipinski definition) is 9. The number of phosphoric acid groups is 1. The summed E-state index contributed by atoms with van der Waals surface area (Å²) < 4.78 is 34.0. The fourth-order valence-electron chi connectivity index (χ4n) is 5.21. The van der Waals surface area contributed by atoms with Gasteiger partial charge in [0.25, 0.3) is 0 Å². The van der Waals surface area contributed by atoms with Crippen LogP contribution in [0.1, 0.15) is 142 Å². The summed E-state index contributed by atoms with van der Waals surface area (Å²) in [4.78, 5) is 35.2. The largest absolute Gasteiger partial charge is 0.472 e. The SMILES string of the molecule is CCCCC/C=C\C[C@@H](O)/C=C/C=C/C=C\[C@@H](O)CCCC(=O)OC[C@H](COP(=O)(O)OCC[N+](C)(C)C)OC(=O)CCCCCCCCCCCCC. The molecule has 11 nitrogen and oxygen atoms in total. The van der Waals surface area contributed by atoms with E-state index in [4.69, 9.17) is 18.5 Å². The molecule has 0 saturated carbocycles. The summed E-state index contributed by atoms with van der Waals surface area (Å²) in [7, 11) is 1.34. The normalized spacial score (nSPS) is 15.3. The first-order valence-corrected chi connectivity index (χ1v) is 22.1. The van der Waals surface area contributed by atoms with Crippen LogP contribution < -0.4 is 0 Å². The molecule has 0 aromatic heterocycles. The lowest BCUT2D eigenvalue weighted by Crippen LogP contribution is -2.37. The quantitative estimate of drug-likeness (QED) is 0.0140. The Morgan fingerprint density at radius 3 is 1.83 bits per heavy atom. The van der Waals surface area contributed by atoms with Crippen molar-refractivity contribution in [1.29, 1.82) is 0 Å². The highest BCUT2D eigenvalue weighted by molar-refractivity contribution is 7.47. The summed E-state index contributed by atoms with van der Waals surface area (Å²) in [6.45, 7) is 4.05. The third-order valence-corrected chi connectivity index (χ3v) is 9.54. The fraction of sp³-hybridized carbons (Fsp3) is 0.762. The maximum absolute atomic E-state index is 12.6. The number of phosphoric ester groups is 1. The van der Waals surface area contributed by atoms with Crippen LogP contribution >= 0.6 is 7.82 Å². The minimum atomic E-state index is -4.43. The molecule has 0 radical (unpaired) electrons. The zero-order valence-electron chi connectivity index (χ0n) is 34.4. The van der Waals surface area contributed by atoms with Crippen molar-refractivity contribution < 1.29 is 52.3 Å². The summed E-state index contributed by atoms with van der Waals surface area (Å²) in [6.07, 6.45) is 30.8. The number of esters is 2.